The molecule has 13 heteroatoms. The third-order valence-electron chi connectivity index (χ3n) is 5.76. The van der Waals surface area contributed by atoms with Crippen LogP contribution in [0.3, 0.4) is 0 Å². The Labute approximate surface area is 202 Å². The molecule has 1 saturated heterocycles. The van der Waals surface area contributed by atoms with Gasteiger partial charge in [-0.1, -0.05) is 13.8 Å². The Morgan fingerprint density at radius 2 is 1.91 bits per heavy atom. The number of imidazole rings is 1. The van der Waals surface area contributed by atoms with Crippen molar-refractivity contribution in [1.29, 1.82) is 0 Å². The highest BCUT2D eigenvalue weighted by Gasteiger charge is 2.39. The van der Waals surface area contributed by atoms with E-state index in [0.29, 0.717) is 25.0 Å². The number of hydrogen-bond acceptors (Lipinski definition) is 7. The predicted octanol–water partition coefficient (Wildman–Crippen LogP) is -0.764. The van der Waals surface area contributed by atoms with E-state index in [4.69, 9.17) is 10.8 Å². The fourth-order valence-electron chi connectivity index (χ4n) is 3.97. The molecule has 1 aliphatic heterocycles. The molecule has 4 unspecified atom stereocenters. The van der Waals surface area contributed by atoms with Crippen molar-refractivity contribution in [2.45, 2.75) is 76.5 Å². The van der Waals surface area contributed by atoms with E-state index in [2.05, 4.69) is 20.6 Å². The van der Waals surface area contributed by atoms with Crippen molar-refractivity contribution < 1.29 is 34.2 Å². The molecule has 0 aliphatic carbocycles. The lowest BCUT2D eigenvalue weighted by Crippen LogP contribution is -2.57. The van der Waals surface area contributed by atoms with E-state index >= 15 is 0 Å². The van der Waals surface area contributed by atoms with E-state index in [1.165, 1.54) is 17.4 Å². The minimum absolute atomic E-state index is 0.00199. The lowest BCUT2D eigenvalue weighted by molar-refractivity contribution is -0.145. The molecule has 194 valence electrons. The number of rotatable bonds is 13. The Morgan fingerprint density at radius 1 is 1.20 bits per heavy atom. The van der Waals surface area contributed by atoms with Gasteiger partial charge in [-0.05, 0) is 31.6 Å². The monoisotopic (exact) mass is 494 g/mol. The summed E-state index contributed by atoms with van der Waals surface area (Å²) in [5, 5.41) is 23.4. The van der Waals surface area contributed by atoms with Crippen LogP contribution in [0.25, 0.3) is 0 Å². The van der Waals surface area contributed by atoms with Gasteiger partial charge in [-0.2, -0.15) is 0 Å². The minimum atomic E-state index is -1.22. The quantitative estimate of drug-likeness (QED) is 0.203. The molecule has 0 aromatic carbocycles. The zero-order chi connectivity index (χ0) is 26.1. The molecule has 0 saturated carbocycles. The number of likely N-dealkylation sites (tertiary alicyclic amines) is 1. The van der Waals surface area contributed by atoms with E-state index in [-0.39, 0.29) is 31.7 Å². The van der Waals surface area contributed by atoms with Crippen molar-refractivity contribution in [2.24, 2.45) is 11.7 Å². The number of carboxylic acid groups (broad SMARTS) is 2. The maximum absolute atomic E-state index is 13.4. The normalized spacial score (nSPS) is 18.1. The Hall–Kier alpha value is -3.48. The van der Waals surface area contributed by atoms with Gasteiger partial charge in [0.05, 0.1) is 12.4 Å². The van der Waals surface area contributed by atoms with Gasteiger partial charge < -0.3 is 36.5 Å². The van der Waals surface area contributed by atoms with Crippen LogP contribution in [-0.2, 0) is 30.4 Å². The molecule has 1 aromatic heterocycles. The van der Waals surface area contributed by atoms with Gasteiger partial charge in [-0.15, -0.1) is 0 Å². The van der Waals surface area contributed by atoms with Gasteiger partial charge in [0.25, 0.3) is 0 Å². The van der Waals surface area contributed by atoms with E-state index < -0.39 is 53.8 Å². The summed E-state index contributed by atoms with van der Waals surface area (Å²) >= 11 is 0. The molecule has 1 fully saturated rings. The summed E-state index contributed by atoms with van der Waals surface area (Å²) in [5.41, 5.74) is 6.32. The number of H-pyrrole nitrogens is 1. The Balaban J connectivity index is 2.09. The van der Waals surface area contributed by atoms with Crippen LogP contribution in [0.4, 0.5) is 0 Å². The largest absolute Gasteiger partial charge is 0.481 e. The molecule has 35 heavy (non-hydrogen) atoms. The van der Waals surface area contributed by atoms with Gasteiger partial charge in [-0.25, -0.2) is 9.78 Å². The van der Waals surface area contributed by atoms with Crippen LogP contribution >= 0.6 is 0 Å². The maximum atomic E-state index is 13.4. The molecule has 0 radical (unpaired) electrons. The highest BCUT2D eigenvalue weighted by molar-refractivity contribution is 5.94. The molecule has 4 atom stereocenters. The first-order valence-corrected chi connectivity index (χ1v) is 11.6. The summed E-state index contributed by atoms with van der Waals surface area (Å²) in [5.74, 6) is -3.97. The highest BCUT2D eigenvalue weighted by Crippen LogP contribution is 2.21. The number of hydrogen-bond donors (Lipinski definition) is 6. The van der Waals surface area contributed by atoms with Crippen molar-refractivity contribution >= 4 is 29.7 Å². The molecule has 0 bridgehead atoms. The van der Waals surface area contributed by atoms with Gasteiger partial charge in [0.1, 0.15) is 18.1 Å². The second-order valence-electron chi connectivity index (χ2n) is 9.10. The standard InChI is InChI=1S/C22H34N6O7/c1-12(2)8-15(26-19(31)14(23)5-6-18(29)30)21(33)28-7-3-4-17(28)20(32)27-16(22(34)35)9-13-10-24-11-25-13/h10-12,14-17H,3-9,23H2,1-2H3,(H,24,25)(H,26,31)(H,27,32)(H,29,30)(H,34,35). The summed E-state index contributed by atoms with van der Waals surface area (Å²) in [6, 6.07) is -4.13. The SMILES string of the molecule is CC(C)CC(NC(=O)C(N)CCC(=O)O)C(=O)N1CCCC1C(=O)NC(Cc1cnc[nH]1)C(=O)O. The first-order chi connectivity index (χ1) is 16.5. The molecule has 1 aliphatic rings. The number of amides is 3. The summed E-state index contributed by atoms with van der Waals surface area (Å²) in [6.07, 6.45) is 3.70. The highest BCUT2D eigenvalue weighted by atomic mass is 16.4. The molecule has 7 N–H and O–H groups in total. The number of aromatic amines is 1. The first-order valence-electron chi connectivity index (χ1n) is 11.6. The van der Waals surface area contributed by atoms with Crippen LogP contribution in [0.1, 0.15) is 51.6 Å². The second kappa shape index (κ2) is 12.8. The van der Waals surface area contributed by atoms with Crippen LogP contribution < -0.4 is 16.4 Å². The summed E-state index contributed by atoms with van der Waals surface area (Å²) in [7, 11) is 0. The average molecular weight is 495 g/mol. The van der Waals surface area contributed by atoms with Crippen LogP contribution in [0.5, 0.6) is 0 Å². The number of aromatic nitrogens is 2. The van der Waals surface area contributed by atoms with Gasteiger partial charge in [0, 0.05) is 31.3 Å². The van der Waals surface area contributed by atoms with Gasteiger partial charge in [0.15, 0.2) is 0 Å². The molecule has 13 nitrogen and oxygen atoms in total. The Bertz CT molecular complexity index is 904. The number of aliphatic carboxylic acids is 2. The average Bonchev–Trinajstić information content (AvgIpc) is 3.47. The third-order valence-corrected chi connectivity index (χ3v) is 5.76. The first kappa shape index (κ1) is 27.8. The maximum Gasteiger partial charge on any atom is 0.326 e. The number of nitrogens with zero attached hydrogens (tertiary/aromatic N) is 2. The minimum Gasteiger partial charge on any atom is -0.481 e. The van der Waals surface area contributed by atoms with E-state index in [0.717, 1.165) is 0 Å². The Morgan fingerprint density at radius 3 is 2.49 bits per heavy atom. The molecular formula is C22H34N6O7. The van der Waals surface area contributed by atoms with Crippen LogP contribution in [0.2, 0.25) is 0 Å². The fraction of sp³-hybridized carbons (Fsp3) is 0.636. The summed E-state index contributed by atoms with van der Waals surface area (Å²) < 4.78 is 0. The van der Waals surface area contributed by atoms with Crippen LogP contribution in [0.15, 0.2) is 12.5 Å². The fourth-order valence-corrected chi connectivity index (χ4v) is 3.97. The van der Waals surface area contributed by atoms with Gasteiger partial charge >= 0.3 is 11.9 Å². The zero-order valence-corrected chi connectivity index (χ0v) is 19.9. The molecular weight excluding hydrogens is 460 g/mol. The smallest absolute Gasteiger partial charge is 0.326 e. The number of carbonyl (C=O) groups is 5. The predicted molar refractivity (Wildman–Crippen MR) is 123 cm³/mol. The van der Waals surface area contributed by atoms with Crippen molar-refractivity contribution in [3.8, 4) is 0 Å². The number of carboxylic acids is 2. The second-order valence-corrected chi connectivity index (χ2v) is 9.10. The summed E-state index contributed by atoms with van der Waals surface area (Å²) in [4.78, 5) is 69.3. The third kappa shape index (κ3) is 8.35. The van der Waals surface area contributed by atoms with Crippen LogP contribution in [-0.4, -0.2) is 85.5 Å². The van der Waals surface area contributed by atoms with Crippen molar-refractivity contribution in [2.75, 3.05) is 6.54 Å². The van der Waals surface area contributed by atoms with Gasteiger partial charge in [0.2, 0.25) is 17.7 Å². The van der Waals surface area contributed by atoms with Crippen molar-refractivity contribution in [3.63, 3.8) is 0 Å². The molecule has 3 amide bonds. The summed E-state index contributed by atoms with van der Waals surface area (Å²) in [6.45, 7) is 4.03. The number of nitrogens with two attached hydrogens (primary N) is 1. The van der Waals surface area contributed by atoms with Crippen LogP contribution in [0, 0.1) is 5.92 Å². The van der Waals surface area contributed by atoms with E-state index in [1.54, 1.807) is 0 Å². The van der Waals surface area contributed by atoms with Crippen molar-refractivity contribution in [3.05, 3.63) is 18.2 Å². The molecule has 2 rings (SSSR count). The lowest BCUT2D eigenvalue weighted by Gasteiger charge is -2.30. The lowest BCUT2D eigenvalue weighted by atomic mass is 10.0. The topological polar surface area (TPSA) is 208 Å². The van der Waals surface area contributed by atoms with E-state index in [9.17, 15) is 29.1 Å². The molecule has 0 spiro atoms. The number of nitrogens with one attached hydrogen (secondary N) is 3. The molecule has 1 aromatic rings. The van der Waals surface area contributed by atoms with E-state index in [1.807, 2.05) is 13.8 Å². The number of carbonyl (C=O) groups excluding carboxylic acids is 3. The molecule has 2 heterocycles. The zero-order valence-electron chi connectivity index (χ0n) is 19.9. The van der Waals surface area contributed by atoms with Crippen molar-refractivity contribution in [1.82, 2.24) is 25.5 Å². The Kier molecular flexibility index (Phi) is 10.2. The van der Waals surface area contributed by atoms with Gasteiger partial charge in [-0.3, -0.25) is 19.2 Å².